The molecule has 0 atom stereocenters. The molecule has 0 spiro atoms. The number of piperazine rings is 1. The molecule has 0 radical (unpaired) electrons. The molecule has 0 bridgehead atoms. The lowest BCUT2D eigenvalue weighted by atomic mass is 10.1. The van der Waals surface area contributed by atoms with Crippen molar-refractivity contribution in [2.45, 2.75) is 6.54 Å². The number of hydrogen-bond acceptors (Lipinski definition) is 7. The van der Waals surface area contributed by atoms with Crippen LogP contribution in [0.15, 0.2) is 59.2 Å². The molecule has 3 aromatic rings. The van der Waals surface area contributed by atoms with Gasteiger partial charge in [0, 0.05) is 37.6 Å². The molecule has 2 amide bonds. The van der Waals surface area contributed by atoms with Gasteiger partial charge in [0.05, 0.1) is 21.9 Å². The van der Waals surface area contributed by atoms with Crippen molar-refractivity contribution in [3.8, 4) is 0 Å². The number of anilines is 1. The van der Waals surface area contributed by atoms with E-state index in [0.29, 0.717) is 13.1 Å². The highest BCUT2D eigenvalue weighted by molar-refractivity contribution is 7.16. The first-order chi connectivity index (χ1) is 16.0. The number of esters is 1. The van der Waals surface area contributed by atoms with E-state index in [2.05, 4.69) is 10.2 Å². The molecule has 10 heteroatoms. The molecule has 1 aliphatic heterocycles. The van der Waals surface area contributed by atoms with Crippen LogP contribution in [0, 0.1) is 0 Å². The molecule has 1 fully saturated rings. The van der Waals surface area contributed by atoms with Crippen LogP contribution in [0.4, 0.5) is 5.69 Å². The van der Waals surface area contributed by atoms with Gasteiger partial charge in [0.25, 0.3) is 11.8 Å². The summed E-state index contributed by atoms with van der Waals surface area (Å²) in [5, 5.41) is 2.63. The van der Waals surface area contributed by atoms with E-state index >= 15 is 0 Å². The number of rotatable bonds is 7. The van der Waals surface area contributed by atoms with Crippen LogP contribution in [0.5, 0.6) is 0 Å². The molecule has 4 rings (SSSR count). The van der Waals surface area contributed by atoms with E-state index in [1.165, 1.54) is 23.3 Å². The second-order valence-corrected chi connectivity index (χ2v) is 9.22. The Hall–Kier alpha value is -3.14. The number of nitrogens with zero attached hydrogens (tertiary/aromatic N) is 2. The molecule has 1 saturated heterocycles. The van der Waals surface area contributed by atoms with Crippen LogP contribution in [0.2, 0.25) is 4.34 Å². The van der Waals surface area contributed by atoms with Crippen LogP contribution < -0.4 is 5.32 Å². The Bertz CT molecular complexity index is 1120. The summed E-state index contributed by atoms with van der Waals surface area (Å²) in [6.07, 6.45) is 1.39. The van der Waals surface area contributed by atoms with Crippen LogP contribution >= 0.6 is 22.9 Å². The Balaban J connectivity index is 1.27. The van der Waals surface area contributed by atoms with E-state index in [1.54, 1.807) is 40.5 Å². The minimum Gasteiger partial charge on any atom is -0.459 e. The van der Waals surface area contributed by atoms with Crippen molar-refractivity contribution >= 4 is 46.4 Å². The van der Waals surface area contributed by atoms with E-state index < -0.39 is 11.9 Å². The lowest BCUT2D eigenvalue weighted by molar-refractivity contribution is -0.136. The van der Waals surface area contributed by atoms with Crippen molar-refractivity contribution in [3.05, 3.63) is 75.3 Å². The van der Waals surface area contributed by atoms with Crippen molar-refractivity contribution in [3.63, 3.8) is 0 Å². The van der Waals surface area contributed by atoms with Gasteiger partial charge in [-0.15, -0.1) is 11.3 Å². The molecule has 1 aliphatic rings. The summed E-state index contributed by atoms with van der Waals surface area (Å²) >= 11 is 7.54. The van der Waals surface area contributed by atoms with Gasteiger partial charge in [-0.1, -0.05) is 23.7 Å². The third kappa shape index (κ3) is 6.01. The van der Waals surface area contributed by atoms with Crippen molar-refractivity contribution in [2.24, 2.45) is 0 Å². The minimum absolute atomic E-state index is 0.120. The number of amides is 2. The minimum atomic E-state index is -0.688. The number of nitrogens with one attached hydrogen (secondary N) is 1. The summed E-state index contributed by atoms with van der Waals surface area (Å²) in [4.78, 5) is 42.5. The lowest BCUT2D eigenvalue weighted by Gasteiger charge is -2.34. The summed E-state index contributed by atoms with van der Waals surface area (Å²) in [5.74, 6) is -1.31. The number of carbonyl (C=O) groups excluding carboxylic acids is 3. The smallest absolute Gasteiger partial charge is 0.340 e. The molecule has 2 aromatic heterocycles. The van der Waals surface area contributed by atoms with Gasteiger partial charge in [-0.25, -0.2) is 4.79 Å². The van der Waals surface area contributed by atoms with Crippen LogP contribution in [0.3, 0.4) is 0 Å². The molecule has 8 nitrogen and oxygen atoms in total. The number of halogens is 1. The third-order valence-electron chi connectivity index (χ3n) is 5.20. The highest BCUT2D eigenvalue weighted by Crippen LogP contribution is 2.23. The molecular weight excluding hydrogens is 466 g/mol. The Labute approximate surface area is 199 Å². The number of carbonyl (C=O) groups is 3. The quantitative estimate of drug-likeness (QED) is 0.510. The topological polar surface area (TPSA) is 92.1 Å². The summed E-state index contributed by atoms with van der Waals surface area (Å²) in [6.45, 7) is 3.03. The molecule has 0 saturated carbocycles. The van der Waals surface area contributed by atoms with Gasteiger partial charge in [0.2, 0.25) is 0 Å². The molecule has 3 heterocycles. The fourth-order valence-electron chi connectivity index (χ4n) is 3.47. The van der Waals surface area contributed by atoms with Gasteiger partial charge < -0.3 is 19.4 Å². The SMILES string of the molecule is O=C(Nc1ccccc1C(=O)OCC(=O)N1CCN(Cc2ccc(Cl)s2)CC1)c1ccco1. The first-order valence-electron chi connectivity index (χ1n) is 10.3. The Morgan fingerprint density at radius 3 is 2.52 bits per heavy atom. The Kier molecular flexibility index (Phi) is 7.43. The van der Waals surface area contributed by atoms with Gasteiger partial charge >= 0.3 is 5.97 Å². The number of benzene rings is 1. The summed E-state index contributed by atoms with van der Waals surface area (Å²) in [5.41, 5.74) is 0.434. The maximum Gasteiger partial charge on any atom is 0.340 e. The highest BCUT2D eigenvalue weighted by atomic mass is 35.5. The molecule has 33 heavy (non-hydrogen) atoms. The second kappa shape index (κ2) is 10.7. The first kappa shape index (κ1) is 23.0. The fraction of sp³-hybridized carbons (Fsp3) is 0.261. The summed E-state index contributed by atoms with van der Waals surface area (Å²) in [6, 6.07) is 13.5. The molecule has 1 N–H and O–H groups in total. The largest absolute Gasteiger partial charge is 0.459 e. The summed E-state index contributed by atoms with van der Waals surface area (Å²) < 4.78 is 11.1. The molecule has 172 valence electrons. The zero-order valence-electron chi connectivity index (χ0n) is 17.7. The third-order valence-corrected chi connectivity index (χ3v) is 6.42. The van der Waals surface area contributed by atoms with E-state index in [0.717, 1.165) is 24.0 Å². The number of furan rings is 1. The number of thiophene rings is 1. The monoisotopic (exact) mass is 487 g/mol. The van der Waals surface area contributed by atoms with Crippen molar-refractivity contribution in [2.75, 3.05) is 38.1 Å². The number of ether oxygens (including phenoxy) is 1. The van der Waals surface area contributed by atoms with E-state index in [4.69, 9.17) is 20.8 Å². The standard InChI is InChI=1S/C23H22ClN3O5S/c24-20-8-7-16(33-20)14-26-9-11-27(12-10-26)21(28)15-32-23(30)17-4-1-2-5-18(17)25-22(29)19-6-3-13-31-19/h1-8,13H,9-12,14-15H2,(H,25,29). The van der Waals surface area contributed by atoms with Crippen LogP contribution in [0.25, 0.3) is 0 Å². The van der Waals surface area contributed by atoms with Gasteiger partial charge in [0.1, 0.15) is 0 Å². The van der Waals surface area contributed by atoms with Gasteiger partial charge in [-0.3, -0.25) is 14.5 Å². The van der Waals surface area contributed by atoms with Crippen LogP contribution in [0.1, 0.15) is 25.8 Å². The van der Waals surface area contributed by atoms with Crippen molar-refractivity contribution in [1.82, 2.24) is 9.80 Å². The van der Waals surface area contributed by atoms with Gasteiger partial charge in [-0.2, -0.15) is 0 Å². The van der Waals surface area contributed by atoms with Crippen molar-refractivity contribution < 1.29 is 23.5 Å². The Morgan fingerprint density at radius 1 is 1.03 bits per heavy atom. The van der Waals surface area contributed by atoms with E-state index in [-0.39, 0.29) is 29.5 Å². The van der Waals surface area contributed by atoms with Crippen LogP contribution in [-0.4, -0.2) is 60.4 Å². The summed E-state index contributed by atoms with van der Waals surface area (Å²) in [7, 11) is 0. The maximum absolute atomic E-state index is 12.6. The normalized spacial score (nSPS) is 14.2. The zero-order valence-corrected chi connectivity index (χ0v) is 19.2. The lowest BCUT2D eigenvalue weighted by Crippen LogP contribution is -2.49. The first-order valence-corrected chi connectivity index (χ1v) is 11.5. The number of para-hydroxylation sites is 1. The van der Waals surface area contributed by atoms with Crippen LogP contribution in [-0.2, 0) is 16.1 Å². The molecule has 0 aliphatic carbocycles. The maximum atomic E-state index is 12.6. The van der Waals surface area contributed by atoms with Gasteiger partial charge in [-0.05, 0) is 36.4 Å². The van der Waals surface area contributed by atoms with E-state index in [9.17, 15) is 14.4 Å². The van der Waals surface area contributed by atoms with Gasteiger partial charge in [0.15, 0.2) is 12.4 Å². The predicted molar refractivity (Wildman–Crippen MR) is 125 cm³/mol. The molecule has 1 aromatic carbocycles. The predicted octanol–water partition coefficient (Wildman–Crippen LogP) is 3.75. The zero-order chi connectivity index (χ0) is 23.2. The molecular formula is C23H22ClN3O5S. The second-order valence-electron chi connectivity index (χ2n) is 7.42. The highest BCUT2D eigenvalue weighted by Gasteiger charge is 2.23. The average molecular weight is 488 g/mol. The number of hydrogen-bond donors (Lipinski definition) is 1. The Morgan fingerprint density at radius 2 is 1.82 bits per heavy atom. The fourth-order valence-corrected chi connectivity index (χ4v) is 4.60. The molecule has 0 unspecified atom stereocenters. The average Bonchev–Trinajstić information content (AvgIpc) is 3.50. The van der Waals surface area contributed by atoms with Crippen molar-refractivity contribution in [1.29, 1.82) is 0 Å². The van der Waals surface area contributed by atoms with E-state index in [1.807, 2.05) is 12.1 Å².